The second-order valence-corrected chi connectivity index (χ2v) is 6.95. The number of aromatic hydroxyl groups is 1. The predicted octanol–water partition coefficient (Wildman–Crippen LogP) is 3.46. The number of halogens is 3. The van der Waals surface area contributed by atoms with E-state index >= 15 is 0 Å². The quantitative estimate of drug-likeness (QED) is 0.493. The Bertz CT molecular complexity index is 1180. The van der Waals surface area contributed by atoms with Gasteiger partial charge in [-0.25, -0.2) is 9.97 Å². The van der Waals surface area contributed by atoms with Crippen LogP contribution in [0.1, 0.15) is 27.6 Å². The first kappa shape index (κ1) is 23.5. The number of hydrogen-bond acceptors (Lipinski definition) is 6. The van der Waals surface area contributed by atoms with Crippen molar-refractivity contribution >= 4 is 11.9 Å². The molecule has 1 aromatic heterocycles. The maximum absolute atomic E-state index is 12.4. The van der Waals surface area contributed by atoms with E-state index in [-0.39, 0.29) is 29.4 Å². The third-order valence-corrected chi connectivity index (χ3v) is 4.44. The summed E-state index contributed by atoms with van der Waals surface area (Å²) in [4.78, 5) is 31.0. The zero-order valence-electron chi connectivity index (χ0n) is 17.2. The van der Waals surface area contributed by atoms with Crippen LogP contribution in [-0.2, 0) is 11.2 Å². The standard InChI is InChI=1S/C22H18F3N3O5/c1-12-20(31)19(21(32)26-11-18(29)30)28-17(27-12)9-13-5-7-14(8-6-13)15-3-2-4-16(10-15)33-22(23,24)25/h2-8,10,31H,9,11H2,1H3,(H,26,32)(H,29,30). The number of aromatic nitrogens is 2. The van der Waals surface area contributed by atoms with E-state index in [1.54, 1.807) is 30.3 Å². The molecule has 172 valence electrons. The number of benzene rings is 2. The molecule has 11 heteroatoms. The number of carbonyl (C=O) groups excluding carboxylic acids is 1. The number of amides is 1. The Hall–Kier alpha value is -4.15. The zero-order chi connectivity index (χ0) is 24.2. The average molecular weight is 461 g/mol. The minimum Gasteiger partial charge on any atom is -0.504 e. The maximum Gasteiger partial charge on any atom is 0.573 e. The molecular weight excluding hydrogens is 443 g/mol. The first-order valence-electron chi connectivity index (χ1n) is 9.53. The van der Waals surface area contributed by atoms with Gasteiger partial charge in [0.1, 0.15) is 18.1 Å². The molecule has 0 fully saturated rings. The lowest BCUT2D eigenvalue weighted by atomic mass is 10.0. The molecular formula is C22H18F3N3O5. The molecule has 0 bridgehead atoms. The van der Waals surface area contributed by atoms with Gasteiger partial charge in [0.05, 0.1) is 5.69 Å². The first-order valence-corrected chi connectivity index (χ1v) is 9.53. The second-order valence-electron chi connectivity index (χ2n) is 6.95. The van der Waals surface area contributed by atoms with Crippen LogP contribution in [0.15, 0.2) is 48.5 Å². The van der Waals surface area contributed by atoms with Crippen LogP contribution >= 0.6 is 0 Å². The zero-order valence-corrected chi connectivity index (χ0v) is 17.2. The number of ether oxygens (including phenoxy) is 1. The van der Waals surface area contributed by atoms with E-state index in [2.05, 4.69) is 20.0 Å². The Morgan fingerprint density at radius 2 is 1.76 bits per heavy atom. The summed E-state index contributed by atoms with van der Waals surface area (Å²) in [5.41, 5.74) is 1.74. The smallest absolute Gasteiger partial charge is 0.504 e. The number of nitrogens with zero attached hydrogens (tertiary/aromatic N) is 2. The largest absolute Gasteiger partial charge is 0.573 e. The molecule has 0 aliphatic carbocycles. The van der Waals surface area contributed by atoms with Gasteiger partial charge in [-0.15, -0.1) is 13.2 Å². The van der Waals surface area contributed by atoms with Crippen LogP contribution in [-0.4, -0.2) is 45.0 Å². The van der Waals surface area contributed by atoms with Crippen molar-refractivity contribution in [2.45, 2.75) is 19.7 Å². The van der Waals surface area contributed by atoms with Crippen LogP contribution in [0, 0.1) is 6.92 Å². The molecule has 3 N–H and O–H groups in total. The molecule has 0 atom stereocenters. The van der Waals surface area contributed by atoms with Crippen molar-refractivity contribution in [3.8, 4) is 22.6 Å². The minimum atomic E-state index is -4.78. The van der Waals surface area contributed by atoms with Crippen LogP contribution in [0.4, 0.5) is 13.2 Å². The van der Waals surface area contributed by atoms with Gasteiger partial charge >= 0.3 is 12.3 Å². The minimum absolute atomic E-state index is 0.151. The van der Waals surface area contributed by atoms with E-state index in [1.807, 2.05) is 0 Å². The molecule has 0 spiro atoms. The lowest BCUT2D eigenvalue weighted by molar-refractivity contribution is -0.274. The Morgan fingerprint density at radius 1 is 1.06 bits per heavy atom. The number of carbonyl (C=O) groups is 2. The highest BCUT2D eigenvalue weighted by Crippen LogP contribution is 2.28. The number of aryl methyl sites for hydroxylation is 1. The van der Waals surface area contributed by atoms with Gasteiger partial charge in [0.2, 0.25) is 0 Å². The van der Waals surface area contributed by atoms with E-state index < -0.39 is 30.5 Å². The van der Waals surface area contributed by atoms with E-state index in [0.29, 0.717) is 11.1 Å². The molecule has 0 radical (unpaired) electrons. The Balaban J connectivity index is 1.78. The first-order chi connectivity index (χ1) is 15.5. The summed E-state index contributed by atoms with van der Waals surface area (Å²) < 4.78 is 41.3. The summed E-state index contributed by atoms with van der Waals surface area (Å²) in [5.74, 6) is -2.65. The Kier molecular flexibility index (Phi) is 6.80. The third-order valence-electron chi connectivity index (χ3n) is 4.44. The molecule has 1 heterocycles. The van der Waals surface area contributed by atoms with E-state index in [1.165, 1.54) is 25.1 Å². The molecule has 3 rings (SSSR count). The maximum atomic E-state index is 12.4. The number of carboxylic acids is 1. The highest BCUT2D eigenvalue weighted by Gasteiger charge is 2.31. The van der Waals surface area contributed by atoms with Gasteiger partial charge in [-0.05, 0) is 35.7 Å². The summed E-state index contributed by atoms with van der Waals surface area (Å²) in [6, 6.07) is 12.4. The lowest BCUT2D eigenvalue weighted by Gasteiger charge is -2.11. The summed E-state index contributed by atoms with van der Waals surface area (Å²) in [5, 5.41) is 20.9. The van der Waals surface area contributed by atoms with Crippen molar-refractivity contribution in [3.63, 3.8) is 0 Å². The highest BCUT2D eigenvalue weighted by atomic mass is 19.4. The van der Waals surface area contributed by atoms with E-state index in [4.69, 9.17) is 5.11 Å². The van der Waals surface area contributed by atoms with Crippen LogP contribution in [0.2, 0.25) is 0 Å². The van der Waals surface area contributed by atoms with Gasteiger partial charge in [-0.3, -0.25) is 9.59 Å². The Labute approximate surface area is 185 Å². The van der Waals surface area contributed by atoms with Gasteiger partial charge in [-0.2, -0.15) is 0 Å². The van der Waals surface area contributed by atoms with Crippen LogP contribution in [0.3, 0.4) is 0 Å². The monoisotopic (exact) mass is 461 g/mol. The van der Waals surface area contributed by atoms with Gasteiger partial charge in [0.15, 0.2) is 11.4 Å². The lowest BCUT2D eigenvalue weighted by Crippen LogP contribution is -2.30. The predicted molar refractivity (Wildman–Crippen MR) is 110 cm³/mol. The molecule has 2 aromatic carbocycles. The van der Waals surface area contributed by atoms with Crippen LogP contribution in [0.5, 0.6) is 11.5 Å². The van der Waals surface area contributed by atoms with Crippen molar-refractivity contribution in [2.24, 2.45) is 0 Å². The fraction of sp³-hybridized carbons (Fsp3) is 0.182. The van der Waals surface area contributed by atoms with Gasteiger partial charge in [0, 0.05) is 6.42 Å². The fourth-order valence-corrected chi connectivity index (χ4v) is 2.97. The summed E-state index contributed by atoms with van der Waals surface area (Å²) in [6.07, 6.45) is -4.59. The van der Waals surface area contributed by atoms with Crippen molar-refractivity contribution in [1.82, 2.24) is 15.3 Å². The van der Waals surface area contributed by atoms with Gasteiger partial charge in [-0.1, -0.05) is 36.4 Å². The third kappa shape index (κ3) is 6.42. The number of hydrogen-bond donors (Lipinski definition) is 3. The average Bonchev–Trinajstić information content (AvgIpc) is 2.74. The highest BCUT2D eigenvalue weighted by molar-refractivity contribution is 5.96. The molecule has 1 amide bonds. The molecule has 0 unspecified atom stereocenters. The summed E-state index contributed by atoms with van der Waals surface area (Å²) >= 11 is 0. The van der Waals surface area contributed by atoms with Gasteiger partial charge in [0.25, 0.3) is 5.91 Å². The number of alkyl halides is 3. The SMILES string of the molecule is Cc1nc(Cc2ccc(-c3cccc(OC(F)(F)F)c3)cc2)nc(C(=O)NCC(=O)O)c1O. The van der Waals surface area contributed by atoms with Crippen LogP contribution < -0.4 is 10.1 Å². The van der Waals surface area contributed by atoms with Crippen molar-refractivity contribution in [2.75, 3.05) is 6.54 Å². The molecule has 0 aliphatic rings. The number of aliphatic carboxylic acids is 1. The normalized spacial score (nSPS) is 11.2. The number of nitrogens with one attached hydrogen (secondary N) is 1. The van der Waals surface area contributed by atoms with Crippen LogP contribution in [0.25, 0.3) is 11.1 Å². The summed E-state index contributed by atoms with van der Waals surface area (Å²) in [6.45, 7) is 0.848. The van der Waals surface area contributed by atoms with Crippen molar-refractivity contribution in [3.05, 3.63) is 71.3 Å². The molecule has 0 aliphatic heterocycles. The Morgan fingerprint density at radius 3 is 2.39 bits per heavy atom. The fourth-order valence-electron chi connectivity index (χ4n) is 2.97. The molecule has 33 heavy (non-hydrogen) atoms. The topological polar surface area (TPSA) is 122 Å². The van der Waals surface area contributed by atoms with Crippen molar-refractivity contribution < 1.29 is 37.7 Å². The van der Waals surface area contributed by atoms with E-state index in [0.717, 1.165) is 5.56 Å². The van der Waals surface area contributed by atoms with E-state index in [9.17, 15) is 27.9 Å². The van der Waals surface area contributed by atoms with Gasteiger partial charge < -0.3 is 20.3 Å². The van der Waals surface area contributed by atoms with Crippen molar-refractivity contribution in [1.29, 1.82) is 0 Å². The molecule has 8 nitrogen and oxygen atoms in total. The molecule has 3 aromatic rings. The molecule has 0 saturated carbocycles. The summed E-state index contributed by atoms with van der Waals surface area (Å²) in [7, 11) is 0. The molecule has 0 saturated heterocycles. The number of rotatable bonds is 7. The number of carboxylic acid groups (broad SMARTS) is 1. The second kappa shape index (κ2) is 9.55.